The van der Waals surface area contributed by atoms with E-state index in [1.54, 1.807) is 6.07 Å². The van der Waals surface area contributed by atoms with Crippen molar-refractivity contribution in [2.75, 3.05) is 0 Å². The Morgan fingerprint density at radius 1 is 1.50 bits per heavy atom. The van der Waals surface area contributed by atoms with Crippen LogP contribution in [0.25, 0.3) is 0 Å². The van der Waals surface area contributed by atoms with Gasteiger partial charge in [-0.15, -0.1) is 0 Å². The Kier molecular flexibility index (Phi) is 2.89. The van der Waals surface area contributed by atoms with Crippen molar-refractivity contribution in [1.29, 1.82) is 0 Å². The van der Waals surface area contributed by atoms with Crippen LogP contribution in [0.3, 0.4) is 0 Å². The maximum atomic E-state index is 10.7. The van der Waals surface area contributed by atoms with Gasteiger partial charge in [0.25, 0.3) is 0 Å². The van der Waals surface area contributed by atoms with Gasteiger partial charge >= 0.3 is 5.82 Å². The second-order valence-corrected chi connectivity index (χ2v) is 4.95. The summed E-state index contributed by atoms with van der Waals surface area (Å²) in [6, 6.07) is 1.74. The van der Waals surface area contributed by atoms with Gasteiger partial charge in [0.15, 0.2) is 6.20 Å². The smallest absolute Gasteiger partial charge is 0.358 e. The minimum absolute atomic E-state index is 0.0688. The van der Waals surface area contributed by atoms with Gasteiger partial charge in [-0.2, -0.15) is 0 Å². The zero-order valence-corrected chi connectivity index (χ0v) is 9.83. The molecule has 0 saturated heterocycles. The first-order chi connectivity index (χ1) is 6.32. The molecule has 14 heavy (non-hydrogen) atoms. The third-order valence-corrected chi connectivity index (χ3v) is 2.25. The van der Waals surface area contributed by atoms with Gasteiger partial charge < -0.3 is 10.1 Å². The Morgan fingerprint density at radius 2 is 2.07 bits per heavy atom. The van der Waals surface area contributed by atoms with Crippen molar-refractivity contribution in [2.24, 2.45) is 0 Å². The molecule has 0 aromatic carbocycles. The first-order valence-corrected chi connectivity index (χ1v) is 4.92. The molecule has 0 N–H and O–H groups in total. The monoisotopic (exact) mass is 258 g/mol. The molecule has 1 aromatic heterocycles. The molecule has 0 saturated carbocycles. The molecular weight excluding hydrogens is 248 g/mol. The molecule has 4 nitrogen and oxygen atoms in total. The SMILES string of the molecule is CC(C)(C)c1cc(Br)cnc1[N+](=O)[O-]. The molecule has 0 unspecified atom stereocenters. The van der Waals surface area contributed by atoms with Gasteiger partial charge in [0, 0.05) is 0 Å². The largest absolute Gasteiger partial charge is 0.367 e. The van der Waals surface area contributed by atoms with Crippen LogP contribution in [0.5, 0.6) is 0 Å². The van der Waals surface area contributed by atoms with Crippen molar-refractivity contribution in [3.8, 4) is 0 Å². The van der Waals surface area contributed by atoms with Crippen LogP contribution in [0, 0.1) is 10.1 Å². The summed E-state index contributed by atoms with van der Waals surface area (Å²) in [7, 11) is 0. The Labute approximate surface area is 90.6 Å². The Hall–Kier alpha value is -0.970. The highest BCUT2D eigenvalue weighted by atomic mass is 79.9. The Balaban J connectivity index is 3.38. The van der Waals surface area contributed by atoms with Gasteiger partial charge in [-0.25, -0.2) is 0 Å². The lowest BCUT2D eigenvalue weighted by atomic mass is 9.87. The van der Waals surface area contributed by atoms with Crippen molar-refractivity contribution in [3.05, 3.63) is 32.4 Å². The highest BCUT2D eigenvalue weighted by Crippen LogP contribution is 2.31. The van der Waals surface area contributed by atoms with Gasteiger partial charge in [0.05, 0.1) is 10.0 Å². The van der Waals surface area contributed by atoms with Crippen molar-refractivity contribution < 1.29 is 4.92 Å². The minimum atomic E-state index is -0.451. The highest BCUT2D eigenvalue weighted by Gasteiger charge is 2.26. The predicted molar refractivity (Wildman–Crippen MR) is 57.3 cm³/mol. The molecule has 0 aliphatic carbocycles. The van der Waals surface area contributed by atoms with E-state index in [-0.39, 0.29) is 11.2 Å². The molecule has 0 bridgehead atoms. The summed E-state index contributed by atoms with van der Waals surface area (Å²) in [5.41, 5.74) is 0.357. The van der Waals surface area contributed by atoms with E-state index in [0.717, 1.165) is 4.47 Å². The molecule has 1 heterocycles. The second kappa shape index (κ2) is 3.65. The van der Waals surface area contributed by atoms with Crippen LogP contribution in [0.15, 0.2) is 16.7 Å². The standard InChI is InChI=1S/C9H11BrN2O2/c1-9(2,3)7-4-6(10)5-11-8(7)12(13)14/h4-5H,1-3H3. The number of aromatic nitrogens is 1. The molecule has 0 spiro atoms. The molecule has 0 amide bonds. The summed E-state index contributed by atoms with van der Waals surface area (Å²) in [5.74, 6) is -0.0688. The van der Waals surface area contributed by atoms with Crippen molar-refractivity contribution in [1.82, 2.24) is 4.98 Å². The lowest BCUT2D eigenvalue weighted by Crippen LogP contribution is -2.14. The normalized spacial score (nSPS) is 11.4. The van der Waals surface area contributed by atoms with Gasteiger partial charge in [0.1, 0.15) is 0 Å². The van der Waals surface area contributed by atoms with Crippen LogP contribution in [-0.4, -0.2) is 9.91 Å². The molecule has 76 valence electrons. The molecular formula is C9H11BrN2O2. The molecule has 0 aliphatic heterocycles. The van der Waals surface area contributed by atoms with E-state index in [9.17, 15) is 10.1 Å². The molecule has 0 atom stereocenters. The molecule has 0 fully saturated rings. The summed E-state index contributed by atoms with van der Waals surface area (Å²) >= 11 is 3.25. The van der Waals surface area contributed by atoms with Gasteiger partial charge in [-0.3, -0.25) is 0 Å². The first kappa shape index (κ1) is 11.1. The predicted octanol–water partition coefficient (Wildman–Crippen LogP) is 3.05. The lowest BCUT2D eigenvalue weighted by Gasteiger charge is -2.17. The number of hydrogen-bond donors (Lipinski definition) is 0. The number of hydrogen-bond acceptors (Lipinski definition) is 3. The molecule has 1 aromatic rings. The van der Waals surface area contributed by atoms with E-state index in [2.05, 4.69) is 20.9 Å². The third-order valence-electron chi connectivity index (χ3n) is 1.81. The third kappa shape index (κ3) is 2.29. The number of nitrogens with zero attached hydrogens (tertiary/aromatic N) is 2. The fraction of sp³-hybridized carbons (Fsp3) is 0.444. The number of halogens is 1. The van der Waals surface area contributed by atoms with E-state index < -0.39 is 4.92 Å². The zero-order valence-electron chi connectivity index (χ0n) is 8.24. The van der Waals surface area contributed by atoms with E-state index in [0.29, 0.717) is 5.56 Å². The number of pyridine rings is 1. The fourth-order valence-corrected chi connectivity index (χ4v) is 1.46. The van der Waals surface area contributed by atoms with Crippen molar-refractivity contribution in [2.45, 2.75) is 26.2 Å². The molecule has 0 radical (unpaired) electrons. The maximum Gasteiger partial charge on any atom is 0.367 e. The Morgan fingerprint density at radius 3 is 2.50 bits per heavy atom. The van der Waals surface area contributed by atoms with Crippen molar-refractivity contribution in [3.63, 3.8) is 0 Å². The zero-order chi connectivity index (χ0) is 10.9. The lowest BCUT2D eigenvalue weighted by molar-refractivity contribution is -0.390. The van der Waals surface area contributed by atoms with E-state index in [1.165, 1.54) is 6.20 Å². The maximum absolute atomic E-state index is 10.7. The summed E-state index contributed by atoms with van der Waals surface area (Å²) < 4.78 is 0.757. The van der Waals surface area contributed by atoms with Crippen LogP contribution in [0.2, 0.25) is 0 Å². The second-order valence-electron chi connectivity index (χ2n) is 4.03. The van der Waals surface area contributed by atoms with Crippen LogP contribution in [0.4, 0.5) is 5.82 Å². The number of nitro groups is 1. The van der Waals surface area contributed by atoms with Gasteiger partial charge in [0.2, 0.25) is 0 Å². The van der Waals surface area contributed by atoms with E-state index in [1.807, 2.05) is 20.8 Å². The van der Waals surface area contributed by atoms with Gasteiger partial charge in [-0.1, -0.05) is 20.8 Å². The average Bonchev–Trinajstić information content (AvgIpc) is 2.01. The molecule has 5 heteroatoms. The van der Waals surface area contributed by atoms with E-state index >= 15 is 0 Å². The van der Waals surface area contributed by atoms with Crippen LogP contribution >= 0.6 is 15.9 Å². The fourth-order valence-electron chi connectivity index (χ4n) is 1.13. The molecule has 0 aliphatic rings. The number of rotatable bonds is 1. The summed E-state index contributed by atoms with van der Waals surface area (Å²) in [6.07, 6.45) is 1.44. The summed E-state index contributed by atoms with van der Waals surface area (Å²) in [5, 5.41) is 10.7. The van der Waals surface area contributed by atoms with Crippen LogP contribution < -0.4 is 0 Å². The quantitative estimate of drug-likeness (QED) is 0.575. The summed E-state index contributed by atoms with van der Waals surface area (Å²) in [4.78, 5) is 14.1. The first-order valence-electron chi connectivity index (χ1n) is 4.13. The topological polar surface area (TPSA) is 56.0 Å². The van der Waals surface area contributed by atoms with Crippen LogP contribution in [0.1, 0.15) is 26.3 Å². The highest BCUT2D eigenvalue weighted by molar-refractivity contribution is 9.10. The van der Waals surface area contributed by atoms with Gasteiger partial charge in [-0.05, 0) is 37.3 Å². The molecule has 1 rings (SSSR count). The van der Waals surface area contributed by atoms with Crippen LogP contribution in [-0.2, 0) is 5.41 Å². The Bertz CT molecular complexity index is 372. The minimum Gasteiger partial charge on any atom is -0.358 e. The average molecular weight is 259 g/mol. The van der Waals surface area contributed by atoms with Crippen molar-refractivity contribution >= 4 is 21.7 Å². The summed E-state index contributed by atoms with van der Waals surface area (Å²) in [6.45, 7) is 5.76. The van der Waals surface area contributed by atoms with E-state index in [4.69, 9.17) is 0 Å².